The van der Waals surface area contributed by atoms with Gasteiger partial charge in [0.05, 0.1) is 5.52 Å². The maximum Gasteiger partial charge on any atom is 0.328 e. The molecule has 0 atom stereocenters. The van der Waals surface area contributed by atoms with Gasteiger partial charge in [0.2, 0.25) is 5.91 Å². The number of thiophene rings is 1. The lowest BCUT2D eigenvalue weighted by molar-refractivity contribution is -0.126. The number of H-pyrrole nitrogens is 1. The summed E-state index contributed by atoms with van der Waals surface area (Å²) in [5, 5.41) is 5.72. The number of anilines is 1. The van der Waals surface area contributed by atoms with Gasteiger partial charge in [-0.1, -0.05) is 17.7 Å². The lowest BCUT2D eigenvalue weighted by Gasteiger charge is -2.36. The summed E-state index contributed by atoms with van der Waals surface area (Å²) >= 11 is 7.48. The van der Waals surface area contributed by atoms with Crippen LogP contribution in [0.4, 0.5) is 5.69 Å². The fraction of sp³-hybridized carbons (Fsp3) is 0.519. The third kappa shape index (κ3) is 6.27. The Kier molecular flexibility index (Phi) is 8.32. The van der Waals surface area contributed by atoms with Crippen molar-refractivity contribution in [2.75, 3.05) is 44.2 Å². The molecule has 2 N–H and O–H groups in total. The van der Waals surface area contributed by atoms with Crippen LogP contribution in [0.25, 0.3) is 10.2 Å². The van der Waals surface area contributed by atoms with Gasteiger partial charge in [-0.2, -0.15) is 0 Å². The normalized spacial score (nSPS) is 20.8. The average Bonchev–Trinajstić information content (AvgIpc) is 3.38. The highest BCUT2D eigenvalue weighted by atomic mass is 35.5. The van der Waals surface area contributed by atoms with Crippen LogP contribution >= 0.6 is 22.9 Å². The second kappa shape index (κ2) is 11.8. The number of hydrogen-bond acceptors (Lipinski definition) is 6. The number of hydrogen-bond donors (Lipinski definition) is 2. The molecular weight excluding hydrogens is 510 g/mol. The van der Waals surface area contributed by atoms with Crippen molar-refractivity contribution < 1.29 is 4.79 Å². The van der Waals surface area contributed by atoms with E-state index in [4.69, 9.17) is 11.6 Å². The number of aromatic nitrogens is 2. The number of rotatable bonds is 8. The average molecular weight is 544 g/mol. The molecular formula is C27H34ClN5O3S. The van der Waals surface area contributed by atoms with Gasteiger partial charge >= 0.3 is 5.69 Å². The van der Waals surface area contributed by atoms with E-state index in [1.807, 2.05) is 23.6 Å². The maximum atomic E-state index is 12.7. The molecule has 10 heteroatoms. The first-order valence-corrected chi connectivity index (χ1v) is 14.4. The fourth-order valence-corrected chi connectivity index (χ4v) is 6.54. The molecule has 1 aliphatic carbocycles. The molecule has 198 valence electrons. The fourth-order valence-electron chi connectivity index (χ4n) is 5.56. The summed E-state index contributed by atoms with van der Waals surface area (Å²) in [6.45, 7) is 6.07. The van der Waals surface area contributed by atoms with Crippen LogP contribution in [0.5, 0.6) is 0 Å². The minimum atomic E-state index is -0.346. The van der Waals surface area contributed by atoms with Gasteiger partial charge in [0.1, 0.15) is 4.70 Å². The first-order chi connectivity index (χ1) is 18.0. The third-order valence-corrected chi connectivity index (χ3v) is 8.88. The van der Waals surface area contributed by atoms with Crippen LogP contribution in [0, 0.1) is 11.8 Å². The summed E-state index contributed by atoms with van der Waals surface area (Å²) in [6, 6.07) is 9.78. The number of carbonyl (C=O) groups excluding carboxylic acids is 1. The third-order valence-electron chi connectivity index (χ3n) is 7.75. The van der Waals surface area contributed by atoms with E-state index in [-0.39, 0.29) is 29.0 Å². The molecule has 37 heavy (non-hydrogen) atoms. The van der Waals surface area contributed by atoms with E-state index in [1.165, 1.54) is 21.6 Å². The predicted molar refractivity (Wildman–Crippen MR) is 150 cm³/mol. The molecule has 2 fully saturated rings. The Balaban J connectivity index is 0.998. The summed E-state index contributed by atoms with van der Waals surface area (Å²) in [5.74, 6) is 0.400. The number of amides is 1. The number of carbonyl (C=O) groups is 1. The van der Waals surface area contributed by atoms with Crippen LogP contribution in [-0.4, -0.2) is 59.6 Å². The van der Waals surface area contributed by atoms with E-state index in [1.54, 1.807) is 6.07 Å². The summed E-state index contributed by atoms with van der Waals surface area (Å²) in [6.07, 6.45) is 4.24. The first kappa shape index (κ1) is 26.0. The van der Waals surface area contributed by atoms with Crippen LogP contribution in [-0.2, 0) is 11.3 Å². The molecule has 1 saturated carbocycles. The highest BCUT2D eigenvalue weighted by Crippen LogP contribution is 2.29. The zero-order chi connectivity index (χ0) is 25.8. The summed E-state index contributed by atoms with van der Waals surface area (Å²) in [4.78, 5) is 45.4. The van der Waals surface area contributed by atoms with Crippen molar-refractivity contribution in [2.24, 2.45) is 11.8 Å². The molecule has 5 rings (SSSR count). The molecule has 0 spiro atoms. The molecule has 0 bridgehead atoms. The number of nitrogens with one attached hydrogen (secondary N) is 2. The van der Waals surface area contributed by atoms with E-state index in [9.17, 15) is 14.4 Å². The van der Waals surface area contributed by atoms with Crippen LogP contribution in [0.15, 0.2) is 45.3 Å². The highest BCUT2D eigenvalue weighted by Gasteiger charge is 2.27. The van der Waals surface area contributed by atoms with Gasteiger partial charge < -0.3 is 15.2 Å². The standard InChI is InChI=1S/C27H34ClN5O3S/c28-21-3-1-4-22(17-21)32-14-12-31(13-15-32)11-2-10-29-25(34)20-7-5-19(6-8-20)18-33-26(35)24-23(9-16-37-24)30-27(33)36/h1,3-4,9,16-17,19-20H,2,5-8,10-15,18H2,(H,29,34)(H,30,36). The molecule has 1 amide bonds. The zero-order valence-electron chi connectivity index (χ0n) is 21.0. The Bertz CT molecular complexity index is 1340. The monoisotopic (exact) mass is 543 g/mol. The van der Waals surface area contributed by atoms with Gasteiger partial charge in [-0.3, -0.25) is 19.1 Å². The van der Waals surface area contributed by atoms with E-state index in [0.717, 1.165) is 69.9 Å². The Labute approximate surface area is 225 Å². The predicted octanol–water partition coefficient (Wildman–Crippen LogP) is 3.54. The van der Waals surface area contributed by atoms with Crippen LogP contribution < -0.4 is 21.5 Å². The van der Waals surface area contributed by atoms with Gasteiger partial charge in [0.25, 0.3) is 5.56 Å². The second-order valence-corrected chi connectivity index (χ2v) is 11.5. The van der Waals surface area contributed by atoms with E-state index < -0.39 is 0 Å². The van der Waals surface area contributed by atoms with Crippen LogP contribution in [0.1, 0.15) is 32.1 Å². The minimum Gasteiger partial charge on any atom is -0.369 e. The van der Waals surface area contributed by atoms with Gasteiger partial charge in [-0.05, 0) is 74.2 Å². The number of nitrogens with zero attached hydrogens (tertiary/aromatic N) is 3. The number of aromatic amines is 1. The lowest BCUT2D eigenvalue weighted by Crippen LogP contribution is -2.47. The molecule has 0 unspecified atom stereocenters. The van der Waals surface area contributed by atoms with Gasteiger partial charge in [-0.25, -0.2) is 4.79 Å². The molecule has 0 radical (unpaired) electrons. The smallest absolute Gasteiger partial charge is 0.328 e. The van der Waals surface area contributed by atoms with E-state index in [2.05, 4.69) is 26.2 Å². The molecule has 3 heterocycles. The molecule has 2 aromatic heterocycles. The molecule has 1 aromatic carbocycles. The van der Waals surface area contributed by atoms with E-state index >= 15 is 0 Å². The quantitative estimate of drug-likeness (QED) is 0.424. The molecule has 2 aliphatic rings. The Hall–Kier alpha value is -2.62. The summed E-state index contributed by atoms with van der Waals surface area (Å²) in [5.41, 5.74) is 1.23. The van der Waals surface area contributed by atoms with Crippen molar-refractivity contribution in [3.05, 3.63) is 61.6 Å². The SMILES string of the molecule is O=C(NCCCN1CCN(c2cccc(Cl)c2)CC1)C1CCC(Cn2c(=O)[nH]c3ccsc3c2=O)CC1. The second-order valence-electron chi connectivity index (χ2n) is 10.2. The largest absolute Gasteiger partial charge is 0.369 e. The highest BCUT2D eigenvalue weighted by molar-refractivity contribution is 7.17. The lowest BCUT2D eigenvalue weighted by atomic mass is 9.81. The van der Waals surface area contributed by atoms with Gasteiger partial charge in [0, 0.05) is 55.9 Å². The Morgan fingerprint density at radius 1 is 1.08 bits per heavy atom. The molecule has 8 nitrogen and oxygen atoms in total. The zero-order valence-corrected chi connectivity index (χ0v) is 22.5. The van der Waals surface area contributed by atoms with Crippen LogP contribution in [0.3, 0.4) is 0 Å². The number of benzene rings is 1. The van der Waals surface area contributed by atoms with Crippen molar-refractivity contribution >= 4 is 44.7 Å². The molecule has 1 aliphatic heterocycles. The van der Waals surface area contributed by atoms with Crippen molar-refractivity contribution in [2.45, 2.75) is 38.6 Å². The molecule has 3 aromatic rings. The topological polar surface area (TPSA) is 90.4 Å². The van der Waals surface area contributed by atoms with Crippen molar-refractivity contribution in [3.63, 3.8) is 0 Å². The summed E-state index contributed by atoms with van der Waals surface area (Å²) in [7, 11) is 0. The van der Waals surface area contributed by atoms with Crippen LogP contribution in [0.2, 0.25) is 5.02 Å². The van der Waals surface area contributed by atoms with Crippen molar-refractivity contribution in [1.82, 2.24) is 19.8 Å². The minimum absolute atomic E-state index is 0.0206. The summed E-state index contributed by atoms with van der Waals surface area (Å²) < 4.78 is 1.93. The Morgan fingerprint density at radius 3 is 2.62 bits per heavy atom. The molecule has 1 saturated heterocycles. The Morgan fingerprint density at radius 2 is 1.86 bits per heavy atom. The first-order valence-electron chi connectivity index (χ1n) is 13.2. The number of fused-ring (bicyclic) bond motifs is 1. The maximum absolute atomic E-state index is 12.7. The van der Waals surface area contributed by atoms with Crippen molar-refractivity contribution in [3.8, 4) is 0 Å². The number of piperazine rings is 1. The van der Waals surface area contributed by atoms with Crippen molar-refractivity contribution in [1.29, 1.82) is 0 Å². The van der Waals surface area contributed by atoms with E-state index in [0.29, 0.717) is 23.3 Å². The van der Waals surface area contributed by atoms with Gasteiger partial charge in [-0.15, -0.1) is 11.3 Å². The number of halogens is 1. The van der Waals surface area contributed by atoms with Gasteiger partial charge in [0.15, 0.2) is 0 Å².